The molecular weight excluding hydrogens is 804 g/mol. The average molecular weight is 858 g/mol. The zero-order chi connectivity index (χ0) is 43.8. The van der Waals surface area contributed by atoms with Crippen LogP contribution in [-0.2, 0) is 28.9 Å². The van der Waals surface area contributed by atoms with E-state index >= 15 is 4.39 Å². The van der Waals surface area contributed by atoms with E-state index in [0.29, 0.717) is 11.5 Å². The minimum atomic E-state index is -1.98. The van der Waals surface area contributed by atoms with Crippen LogP contribution in [0.3, 0.4) is 0 Å². The van der Waals surface area contributed by atoms with E-state index < -0.39 is 50.2 Å². The van der Waals surface area contributed by atoms with E-state index in [1.807, 2.05) is 111 Å². The van der Waals surface area contributed by atoms with Crippen molar-refractivity contribution in [1.82, 2.24) is 24.2 Å². The fourth-order valence-corrected chi connectivity index (χ4v) is 9.01. The third kappa shape index (κ3) is 9.78. The molecule has 1 saturated heterocycles. The van der Waals surface area contributed by atoms with Gasteiger partial charge in [0.2, 0.25) is 11.9 Å². The second kappa shape index (κ2) is 20.1. The molecule has 0 spiro atoms. The number of halogens is 1. The maximum absolute atomic E-state index is 17.7. The third-order valence-corrected chi connectivity index (χ3v) is 12.4. The summed E-state index contributed by atoms with van der Waals surface area (Å²) in [5.74, 6) is 0.404. The summed E-state index contributed by atoms with van der Waals surface area (Å²) >= 11 is 0. The Morgan fingerprint density at radius 3 is 2.10 bits per heavy atom. The van der Waals surface area contributed by atoms with Gasteiger partial charge in [0.25, 0.3) is 14.1 Å². The Hall–Kier alpha value is -5.27. The molecule has 1 fully saturated rings. The van der Waals surface area contributed by atoms with Crippen LogP contribution in [0.25, 0.3) is 11.2 Å². The number of carbonyl (C=O) groups is 1. The van der Waals surface area contributed by atoms with Crippen molar-refractivity contribution in [2.75, 3.05) is 32.8 Å². The first-order valence-corrected chi connectivity index (χ1v) is 21.3. The highest BCUT2D eigenvalue weighted by atomic mass is 31.2. The van der Waals surface area contributed by atoms with Crippen molar-refractivity contribution in [2.24, 2.45) is 5.92 Å². The van der Waals surface area contributed by atoms with Crippen molar-refractivity contribution in [3.8, 4) is 17.6 Å². The lowest BCUT2D eigenvalue weighted by Crippen LogP contribution is -2.39. The number of H-pyrrole nitrogens is 1. The Bertz CT molecular complexity index is 2260. The standard InChI is InChI=1S/C44H53FN7O8P/c1-27(2)40(53)49-43-48-39-37(41(54)50-43)47-26-51(39)42-38(60-61(58-24-12-23-46)52(28(3)4)29(5)6)36(45)35(59-42)25-57-44(30-13-10-9-11-14-30,31-15-19-33(55-7)20-16-31)32-17-21-34(56-8)22-18-32/h9-11,13-22,26-29,35-36,38,42H,12,24-25H2,1-8H3,(H2,48,49,50,53,54)/t35?,36-,38-,42?,61?/m1/s1. The number of methoxy groups -OCH3 is 2. The molecule has 0 radical (unpaired) electrons. The summed E-state index contributed by atoms with van der Waals surface area (Å²) in [6.45, 7) is 11.1. The minimum absolute atomic E-state index is 0.0320. The molecule has 61 heavy (non-hydrogen) atoms. The summed E-state index contributed by atoms with van der Waals surface area (Å²) in [6.07, 6.45) is -4.28. The van der Waals surface area contributed by atoms with E-state index in [-0.39, 0.29) is 54.7 Å². The van der Waals surface area contributed by atoms with Gasteiger partial charge in [0, 0.05) is 18.0 Å². The van der Waals surface area contributed by atoms with Crippen LogP contribution in [-0.4, -0.2) is 88.0 Å². The quantitative estimate of drug-likeness (QED) is 0.0473. The number of ether oxygens (including phenoxy) is 4. The minimum Gasteiger partial charge on any atom is -0.497 e. The second-order valence-corrected chi connectivity index (χ2v) is 16.7. The molecule has 6 rings (SSSR count). The van der Waals surface area contributed by atoms with Crippen LogP contribution >= 0.6 is 8.53 Å². The number of aromatic nitrogens is 4. The van der Waals surface area contributed by atoms with Crippen LogP contribution in [0.5, 0.6) is 11.5 Å². The van der Waals surface area contributed by atoms with E-state index in [0.717, 1.165) is 16.7 Å². The molecule has 3 unspecified atom stereocenters. The molecule has 0 bridgehead atoms. The number of carbonyl (C=O) groups excluding carboxylic acids is 1. The number of nitriles is 1. The number of benzene rings is 3. The molecule has 0 saturated carbocycles. The number of imidazole rings is 1. The van der Waals surface area contributed by atoms with E-state index in [1.54, 1.807) is 28.1 Å². The highest BCUT2D eigenvalue weighted by Crippen LogP contribution is 2.52. The predicted molar refractivity (Wildman–Crippen MR) is 229 cm³/mol. The molecule has 2 aromatic heterocycles. The number of fused-ring (bicyclic) bond motifs is 1. The summed E-state index contributed by atoms with van der Waals surface area (Å²) in [5.41, 5.74) is 0.306. The number of anilines is 1. The normalized spacial score (nSPS) is 18.6. The van der Waals surface area contributed by atoms with Crippen molar-refractivity contribution in [3.05, 3.63) is 112 Å². The number of hydrogen-bond acceptors (Lipinski definition) is 12. The van der Waals surface area contributed by atoms with Gasteiger partial charge in [-0.05, 0) is 68.7 Å². The molecular formula is C44H53FN7O8P. The number of hydrogen-bond donors (Lipinski definition) is 2. The molecule has 1 aliphatic heterocycles. The lowest BCUT2D eigenvalue weighted by atomic mass is 9.80. The van der Waals surface area contributed by atoms with Gasteiger partial charge in [-0.2, -0.15) is 10.2 Å². The summed E-state index contributed by atoms with van der Waals surface area (Å²) < 4.78 is 58.7. The van der Waals surface area contributed by atoms with Crippen LogP contribution in [0.1, 0.15) is 70.9 Å². The largest absolute Gasteiger partial charge is 0.497 e. The first-order chi connectivity index (χ1) is 29.3. The Balaban J connectivity index is 1.46. The van der Waals surface area contributed by atoms with E-state index in [4.69, 9.17) is 28.0 Å². The fraction of sp³-hybridized carbons (Fsp3) is 0.432. The maximum Gasteiger partial charge on any atom is 0.280 e. The van der Waals surface area contributed by atoms with Crippen molar-refractivity contribution < 1.29 is 37.2 Å². The Kier molecular flexibility index (Phi) is 14.9. The maximum atomic E-state index is 17.7. The van der Waals surface area contributed by atoms with Gasteiger partial charge in [0.15, 0.2) is 23.6 Å². The number of nitrogens with zero attached hydrogens (tertiary/aromatic N) is 5. The predicted octanol–water partition coefficient (Wildman–Crippen LogP) is 7.64. The number of amides is 1. The molecule has 1 aliphatic rings. The molecule has 3 aromatic carbocycles. The summed E-state index contributed by atoms with van der Waals surface area (Å²) in [4.78, 5) is 37.4. The van der Waals surface area contributed by atoms with Crippen molar-refractivity contribution in [2.45, 2.75) is 90.3 Å². The zero-order valence-corrected chi connectivity index (χ0v) is 36.5. The van der Waals surface area contributed by atoms with Crippen molar-refractivity contribution in [1.29, 1.82) is 5.26 Å². The van der Waals surface area contributed by atoms with Crippen LogP contribution in [0, 0.1) is 17.2 Å². The van der Waals surface area contributed by atoms with Crippen LogP contribution < -0.4 is 20.3 Å². The van der Waals surface area contributed by atoms with Gasteiger partial charge in [-0.15, -0.1) is 0 Å². The van der Waals surface area contributed by atoms with Gasteiger partial charge < -0.3 is 28.0 Å². The van der Waals surface area contributed by atoms with Crippen LogP contribution in [0.2, 0.25) is 0 Å². The van der Waals surface area contributed by atoms with E-state index in [2.05, 4.69) is 26.3 Å². The van der Waals surface area contributed by atoms with Crippen molar-refractivity contribution in [3.63, 3.8) is 0 Å². The van der Waals surface area contributed by atoms with E-state index in [9.17, 15) is 14.9 Å². The highest BCUT2D eigenvalue weighted by Gasteiger charge is 2.51. The number of rotatable bonds is 19. The van der Waals surface area contributed by atoms with Crippen LogP contribution in [0.4, 0.5) is 10.3 Å². The lowest BCUT2D eigenvalue weighted by Gasteiger charge is -2.38. The van der Waals surface area contributed by atoms with Gasteiger partial charge >= 0.3 is 0 Å². The molecule has 3 heterocycles. The molecule has 324 valence electrons. The molecule has 1 amide bonds. The topological polar surface area (TPSA) is 175 Å². The second-order valence-electron chi connectivity index (χ2n) is 15.3. The summed E-state index contributed by atoms with van der Waals surface area (Å²) in [7, 11) is 1.20. The SMILES string of the molecule is COc1ccc(C(OCC2OC(n3cnc4c(=O)[nH]c(NC(=O)C(C)C)nc43)[C@H](OP(OCCC#N)N(C(C)C)C(C)C)[C@@H]2F)(c2ccccc2)c2ccc(OC)cc2)cc1. The first kappa shape index (κ1) is 45.3. The monoisotopic (exact) mass is 857 g/mol. The van der Waals surface area contributed by atoms with Crippen molar-refractivity contribution >= 4 is 31.5 Å². The van der Waals surface area contributed by atoms with Gasteiger partial charge in [-0.1, -0.05) is 68.4 Å². The van der Waals surface area contributed by atoms with Gasteiger partial charge in [0.1, 0.15) is 29.3 Å². The first-order valence-electron chi connectivity index (χ1n) is 20.1. The molecule has 15 nitrogen and oxygen atoms in total. The molecule has 5 atom stereocenters. The average Bonchev–Trinajstić information content (AvgIpc) is 3.81. The smallest absolute Gasteiger partial charge is 0.280 e. The summed E-state index contributed by atoms with van der Waals surface area (Å²) in [6, 6.07) is 26.5. The van der Waals surface area contributed by atoms with Crippen LogP contribution in [0.15, 0.2) is 90.0 Å². The number of aromatic amines is 1. The Morgan fingerprint density at radius 2 is 1.56 bits per heavy atom. The summed E-state index contributed by atoms with van der Waals surface area (Å²) in [5, 5.41) is 12.0. The van der Waals surface area contributed by atoms with Gasteiger partial charge in [-0.25, -0.2) is 14.0 Å². The molecule has 5 aromatic rings. The lowest BCUT2D eigenvalue weighted by molar-refractivity contribution is -0.118. The molecule has 2 N–H and O–H groups in total. The zero-order valence-electron chi connectivity index (χ0n) is 35.6. The van der Waals surface area contributed by atoms with E-state index in [1.165, 1.54) is 10.9 Å². The fourth-order valence-electron chi connectivity index (χ4n) is 7.28. The highest BCUT2D eigenvalue weighted by molar-refractivity contribution is 7.44. The Morgan fingerprint density at radius 1 is 0.967 bits per heavy atom. The third-order valence-electron chi connectivity index (χ3n) is 10.2. The number of nitrogens with one attached hydrogen (secondary N) is 2. The van der Waals surface area contributed by atoms with Gasteiger partial charge in [0.05, 0.1) is 46.3 Å². The molecule has 17 heteroatoms. The molecule has 0 aliphatic carbocycles. The van der Waals surface area contributed by atoms with Gasteiger partial charge in [-0.3, -0.25) is 24.5 Å². The Labute approximate surface area is 356 Å². The number of alkyl halides is 1.